The molecule has 2 rings (SSSR count). The first-order valence-electron chi connectivity index (χ1n) is 7.15. The van der Waals surface area contributed by atoms with Gasteiger partial charge in [-0.25, -0.2) is 4.79 Å². The number of hydrogen-bond donors (Lipinski definition) is 2. The quantitative estimate of drug-likeness (QED) is 0.597. The standard InChI is InChI=1S/C15H20N2O3S/c18-14(19)5-4-13-10-12(11-21-13)15(20)16-6-3-9-17-7-1-2-8-17/h4-5,10-11H,1-3,6-9H2,(H,16,20)(H,18,19). The number of rotatable bonds is 7. The molecule has 5 nitrogen and oxygen atoms in total. The van der Waals surface area contributed by atoms with Crippen molar-refractivity contribution < 1.29 is 14.7 Å². The number of carboxylic acid groups (broad SMARTS) is 1. The van der Waals surface area contributed by atoms with E-state index < -0.39 is 5.97 Å². The average molecular weight is 308 g/mol. The van der Waals surface area contributed by atoms with Gasteiger partial charge < -0.3 is 15.3 Å². The Labute approximate surface area is 128 Å². The third-order valence-electron chi connectivity index (χ3n) is 3.41. The fourth-order valence-electron chi connectivity index (χ4n) is 2.33. The fraction of sp³-hybridized carbons (Fsp3) is 0.467. The maximum Gasteiger partial charge on any atom is 0.328 e. The monoisotopic (exact) mass is 308 g/mol. The van der Waals surface area contributed by atoms with Crippen LogP contribution < -0.4 is 5.32 Å². The van der Waals surface area contributed by atoms with E-state index in [0.29, 0.717) is 12.1 Å². The molecule has 1 aromatic rings. The Morgan fingerprint density at radius 3 is 2.86 bits per heavy atom. The van der Waals surface area contributed by atoms with Gasteiger partial charge in [-0.2, -0.15) is 0 Å². The minimum absolute atomic E-state index is 0.0948. The smallest absolute Gasteiger partial charge is 0.328 e. The molecular formula is C15H20N2O3S. The van der Waals surface area contributed by atoms with Gasteiger partial charge >= 0.3 is 5.97 Å². The third-order valence-corrected chi connectivity index (χ3v) is 4.31. The Hall–Kier alpha value is -1.66. The molecule has 1 saturated heterocycles. The Balaban J connectivity index is 1.71. The van der Waals surface area contributed by atoms with Crippen LogP contribution in [0.2, 0.25) is 0 Å². The SMILES string of the molecule is O=C(O)C=Cc1cc(C(=O)NCCCN2CCCC2)cs1. The maximum atomic E-state index is 11.9. The molecule has 0 aromatic carbocycles. The van der Waals surface area contributed by atoms with E-state index in [1.54, 1.807) is 11.4 Å². The number of hydrogen-bond acceptors (Lipinski definition) is 4. The summed E-state index contributed by atoms with van der Waals surface area (Å²) >= 11 is 1.36. The summed E-state index contributed by atoms with van der Waals surface area (Å²) in [5.41, 5.74) is 0.589. The van der Waals surface area contributed by atoms with Gasteiger partial charge in [-0.3, -0.25) is 4.79 Å². The predicted octanol–water partition coefficient (Wildman–Crippen LogP) is 2.06. The van der Waals surface area contributed by atoms with Gasteiger partial charge in [0.25, 0.3) is 5.91 Å². The van der Waals surface area contributed by atoms with E-state index in [0.717, 1.165) is 23.9 Å². The van der Waals surface area contributed by atoms with E-state index in [2.05, 4.69) is 10.2 Å². The van der Waals surface area contributed by atoms with Crippen LogP contribution in [0.25, 0.3) is 6.08 Å². The number of carbonyl (C=O) groups is 2. The van der Waals surface area contributed by atoms with Crippen molar-refractivity contribution in [3.63, 3.8) is 0 Å². The lowest BCUT2D eigenvalue weighted by atomic mass is 10.2. The number of carboxylic acids is 1. The van der Waals surface area contributed by atoms with Gasteiger partial charge in [-0.15, -0.1) is 11.3 Å². The zero-order valence-electron chi connectivity index (χ0n) is 11.9. The molecule has 1 aliphatic heterocycles. The Kier molecular flexibility index (Phi) is 5.95. The van der Waals surface area contributed by atoms with Crippen molar-refractivity contribution in [1.82, 2.24) is 10.2 Å². The van der Waals surface area contributed by atoms with Gasteiger partial charge in [-0.1, -0.05) is 0 Å². The molecular weight excluding hydrogens is 288 g/mol. The van der Waals surface area contributed by atoms with Crippen molar-refractivity contribution >= 4 is 29.3 Å². The van der Waals surface area contributed by atoms with E-state index in [9.17, 15) is 9.59 Å². The van der Waals surface area contributed by atoms with Crippen LogP contribution in [-0.4, -0.2) is 48.1 Å². The second-order valence-electron chi connectivity index (χ2n) is 5.07. The number of nitrogens with zero attached hydrogens (tertiary/aromatic N) is 1. The van der Waals surface area contributed by atoms with Gasteiger partial charge in [0.1, 0.15) is 0 Å². The number of likely N-dealkylation sites (tertiary alicyclic amines) is 1. The fourth-order valence-corrected chi connectivity index (χ4v) is 3.11. The highest BCUT2D eigenvalue weighted by Gasteiger charge is 2.11. The lowest BCUT2D eigenvalue weighted by molar-refractivity contribution is -0.131. The molecule has 1 amide bonds. The lowest BCUT2D eigenvalue weighted by Gasteiger charge is -2.14. The first-order chi connectivity index (χ1) is 10.1. The second kappa shape index (κ2) is 7.95. The van der Waals surface area contributed by atoms with Gasteiger partial charge in [-0.05, 0) is 51.0 Å². The van der Waals surface area contributed by atoms with Crippen molar-refractivity contribution in [2.75, 3.05) is 26.2 Å². The Morgan fingerprint density at radius 2 is 2.14 bits per heavy atom. The summed E-state index contributed by atoms with van der Waals surface area (Å²) < 4.78 is 0. The molecule has 0 spiro atoms. The lowest BCUT2D eigenvalue weighted by Crippen LogP contribution is -2.28. The van der Waals surface area contributed by atoms with Crippen LogP contribution in [0, 0.1) is 0 Å². The van der Waals surface area contributed by atoms with E-state index in [1.807, 2.05) is 0 Å². The molecule has 0 bridgehead atoms. The molecule has 0 aliphatic carbocycles. The highest BCUT2D eigenvalue weighted by molar-refractivity contribution is 7.11. The van der Waals surface area contributed by atoms with Crippen molar-refractivity contribution in [3.8, 4) is 0 Å². The summed E-state index contributed by atoms with van der Waals surface area (Å²) in [7, 11) is 0. The summed E-state index contributed by atoms with van der Waals surface area (Å²) in [5, 5.41) is 13.2. The summed E-state index contributed by atoms with van der Waals surface area (Å²) in [6.07, 6.45) is 6.10. The van der Waals surface area contributed by atoms with E-state index >= 15 is 0 Å². The van der Waals surface area contributed by atoms with Gasteiger partial charge in [0.05, 0.1) is 5.56 Å². The highest BCUT2D eigenvalue weighted by Crippen LogP contribution is 2.16. The molecule has 114 valence electrons. The van der Waals surface area contributed by atoms with E-state index in [-0.39, 0.29) is 5.91 Å². The topological polar surface area (TPSA) is 69.6 Å². The second-order valence-corrected chi connectivity index (χ2v) is 6.01. The van der Waals surface area contributed by atoms with Crippen LogP contribution in [0.15, 0.2) is 17.5 Å². The minimum atomic E-state index is -0.990. The number of aliphatic carboxylic acids is 1. The van der Waals surface area contributed by atoms with Crippen molar-refractivity contribution in [2.45, 2.75) is 19.3 Å². The summed E-state index contributed by atoms with van der Waals surface area (Å²) in [5.74, 6) is -1.08. The molecule has 2 heterocycles. The zero-order chi connectivity index (χ0) is 15.1. The largest absolute Gasteiger partial charge is 0.478 e. The first-order valence-corrected chi connectivity index (χ1v) is 8.03. The zero-order valence-corrected chi connectivity index (χ0v) is 12.7. The van der Waals surface area contributed by atoms with Crippen molar-refractivity contribution in [3.05, 3.63) is 28.0 Å². The maximum absolute atomic E-state index is 11.9. The van der Waals surface area contributed by atoms with Gasteiger partial charge in [0.2, 0.25) is 0 Å². The molecule has 21 heavy (non-hydrogen) atoms. The Morgan fingerprint density at radius 1 is 1.38 bits per heavy atom. The van der Waals surface area contributed by atoms with Crippen LogP contribution in [0.5, 0.6) is 0 Å². The predicted molar refractivity (Wildman–Crippen MR) is 83.6 cm³/mol. The number of carbonyl (C=O) groups excluding carboxylic acids is 1. The molecule has 0 atom stereocenters. The van der Waals surface area contributed by atoms with Crippen LogP contribution in [0.3, 0.4) is 0 Å². The van der Waals surface area contributed by atoms with E-state index in [1.165, 1.54) is 43.3 Å². The minimum Gasteiger partial charge on any atom is -0.478 e. The van der Waals surface area contributed by atoms with Crippen molar-refractivity contribution in [1.29, 1.82) is 0 Å². The molecule has 1 aliphatic rings. The molecule has 6 heteroatoms. The van der Waals surface area contributed by atoms with Crippen molar-refractivity contribution in [2.24, 2.45) is 0 Å². The summed E-state index contributed by atoms with van der Waals surface area (Å²) in [6, 6.07) is 1.71. The number of nitrogens with one attached hydrogen (secondary N) is 1. The summed E-state index contributed by atoms with van der Waals surface area (Å²) in [4.78, 5) is 25.6. The molecule has 0 radical (unpaired) electrons. The number of thiophene rings is 1. The number of amides is 1. The molecule has 1 fully saturated rings. The van der Waals surface area contributed by atoms with Gasteiger partial charge in [0, 0.05) is 22.9 Å². The van der Waals surface area contributed by atoms with Gasteiger partial charge in [0.15, 0.2) is 0 Å². The van der Waals surface area contributed by atoms with E-state index in [4.69, 9.17) is 5.11 Å². The molecule has 1 aromatic heterocycles. The Bertz CT molecular complexity index is 519. The molecule has 0 unspecified atom stereocenters. The molecule has 2 N–H and O–H groups in total. The van der Waals surface area contributed by atoms with Crippen LogP contribution in [0.1, 0.15) is 34.5 Å². The first kappa shape index (κ1) is 15.7. The van der Waals surface area contributed by atoms with Crippen LogP contribution in [-0.2, 0) is 4.79 Å². The van der Waals surface area contributed by atoms with Crippen LogP contribution in [0.4, 0.5) is 0 Å². The molecule has 0 saturated carbocycles. The average Bonchev–Trinajstić information content (AvgIpc) is 3.12. The highest BCUT2D eigenvalue weighted by atomic mass is 32.1. The normalized spacial score (nSPS) is 15.6. The van der Waals surface area contributed by atoms with Crippen LogP contribution >= 0.6 is 11.3 Å². The summed E-state index contributed by atoms with van der Waals surface area (Å²) in [6.45, 7) is 4.07. The third kappa shape index (κ3) is 5.32.